The summed E-state index contributed by atoms with van der Waals surface area (Å²) >= 11 is 13.0. The lowest BCUT2D eigenvalue weighted by molar-refractivity contribution is -0.385. The molecule has 1 aromatic heterocycles. The molecular formula is C11H6Cl2N2O2S. The molecule has 0 atom stereocenters. The molecule has 0 spiro atoms. The minimum absolute atomic E-state index is 0.0822. The zero-order valence-electron chi connectivity index (χ0n) is 8.84. The minimum Gasteiger partial charge on any atom is -0.258 e. The summed E-state index contributed by atoms with van der Waals surface area (Å²) in [4.78, 5) is 15.0. The van der Waals surface area contributed by atoms with Crippen LogP contribution in [0.2, 0.25) is 10.2 Å². The molecule has 0 fully saturated rings. The number of nitro groups is 1. The van der Waals surface area contributed by atoms with Crippen LogP contribution >= 0.6 is 35.0 Å². The predicted molar refractivity (Wildman–Crippen MR) is 71.5 cm³/mol. The topological polar surface area (TPSA) is 56.0 Å². The van der Waals surface area contributed by atoms with Gasteiger partial charge in [0.1, 0.15) is 10.2 Å². The number of benzene rings is 1. The molecule has 0 aliphatic carbocycles. The van der Waals surface area contributed by atoms with E-state index in [1.165, 1.54) is 23.9 Å². The van der Waals surface area contributed by atoms with Crippen LogP contribution in [0.15, 0.2) is 46.3 Å². The number of hydrogen-bond donors (Lipinski definition) is 0. The summed E-state index contributed by atoms with van der Waals surface area (Å²) < 4.78 is 0. The molecule has 0 bridgehead atoms. The van der Waals surface area contributed by atoms with E-state index in [0.717, 1.165) is 4.90 Å². The summed E-state index contributed by atoms with van der Waals surface area (Å²) in [5, 5.41) is 11.8. The quantitative estimate of drug-likeness (QED) is 0.477. The Morgan fingerprint density at radius 3 is 2.61 bits per heavy atom. The van der Waals surface area contributed by atoms with Gasteiger partial charge in [0.15, 0.2) is 0 Å². The molecule has 2 aromatic rings. The van der Waals surface area contributed by atoms with Crippen LogP contribution in [0.5, 0.6) is 0 Å². The molecular weight excluding hydrogens is 295 g/mol. The summed E-state index contributed by atoms with van der Waals surface area (Å²) in [6.45, 7) is 0. The molecule has 18 heavy (non-hydrogen) atoms. The summed E-state index contributed by atoms with van der Waals surface area (Å²) in [7, 11) is 0. The highest BCUT2D eigenvalue weighted by Crippen LogP contribution is 2.34. The Bertz CT molecular complexity index is 607. The molecule has 1 heterocycles. The van der Waals surface area contributed by atoms with Gasteiger partial charge in [-0.05, 0) is 12.1 Å². The molecule has 7 heteroatoms. The summed E-state index contributed by atoms with van der Waals surface area (Å²) in [6.07, 6.45) is 0. The molecule has 0 radical (unpaired) electrons. The maximum Gasteiger partial charge on any atom is 0.275 e. The van der Waals surface area contributed by atoms with Crippen molar-refractivity contribution in [3.63, 3.8) is 0 Å². The van der Waals surface area contributed by atoms with Crippen LogP contribution < -0.4 is 0 Å². The third-order valence-electron chi connectivity index (χ3n) is 2.02. The molecule has 2 rings (SSSR count). The van der Waals surface area contributed by atoms with E-state index >= 15 is 0 Å². The smallest absolute Gasteiger partial charge is 0.258 e. The highest BCUT2D eigenvalue weighted by molar-refractivity contribution is 7.99. The second-order valence-corrected chi connectivity index (χ2v) is 5.13. The molecule has 0 N–H and O–H groups in total. The van der Waals surface area contributed by atoms with Gasteiger partial charge in [-0.3, -0.25) is 10.1 Å². The highest BCUT2D eigenvalue weighted by atomic mass is 35.5. The molecule has 1 aromatic carbocycles. The van der Waals surface area contributed by atoms with Crippen molar-refractivity contribution in [2.75, 3.05) is 0 Å². The fraction of sp³-hybridized carbons (Fsp3) is 0. The van der Waals surface area contributed by atoms with Gasteiger partial charge in [0.2, 0.25) is 0 Å². The van der Waals surface area contributed by atoms with Crippen molar-refractivity contribution in [3.05, 3.63) is 56.7 Å². The lowest BCUT2D eigenvalue weighted by atomic mass is 10.4. The van der Waals surface area contributed by atoms with Gasteiger partial charge in [0.25, 0.3) is 5.69 Å². The summed E-state index contributed by atoms with van der Waals surface area (Å²) in [5.41, 5.74) is -0.0930. The third-order valence-corrected chi connectivity index (χ3v) is 3.65. The first kappa shape index (κ1) is 13.1. The van der Waals surface area contributed by atoms with Crippen LogP contribution in [-0.4, -0.2) is 9.91 Å². The lowest BCUT2D eigenvalue weighted by Gasteiger charge is -2.03. The van der Waals surface area contributed by atoms with Gasteiger partial charge >= 0.3 is 0 Å². The Morgan fingerprint density at radius 1 is 1.22 bits per heavy atom. The zero-order valence-corrected chi connectivity index (χ0v) is 11.2. The van der Waals surface area contributed by atoms with E-state index in [1.807, 2.05) is 6.07 Å². The molecule has 0 aliphatic heterocycles. The normalized spacial score (nSPS) is 10.3. The van der Waals surface area contributed by atoms with Gasteiger partial charge < -0.3 is 0 Å². The van der Waals surface area contributed by atoms with Gasteiger partial charge in [-0.25, -0.2) is 4.98 Å². The Morgan fingerprint density at radius 2 is 1.94 bits per heavy atom. The first-order valence-corrected chi connectivity index (χ1v) is 6.38. The van der Waals surface area contributed by atoms with Gasteiger partial charge in [-0.15, -0.1) is 0 Å². The Kier molecular flexibility index (Phi) is 4.06. The van der Waals surface area contributed by atoms with Crippen LogP contribution in [0, 0.1) is 10.1 Å². The van der Waals surface area contributed by atoms with Crippen molar-refractivity contribution in [3.8, 4) is 0 Å². The SMILES string of the molecule is O=[N+]([O-])c1cc(Cl)nc(Sc2ccccc2Cl)c1. The number of nitrogens with zero attached hydrogens (tertiary/aromatic N) is 2. The van der Waals surface area contributed by atoms with Crippen molar-refractivity contribution in [2.45, 2.75) is 9.92 Å². The van der Waals surface area contributed by atoms with Crippen LogP contribution in [0.1, 0.15) is 0 Å². The molecule has 4 nitrogen and oxygen atoms in total. The standard InChI is InChI=1S/C11H6Cl2N2O2S/c12-8-3-1-2-4-9(8)18-11-6-7(15(16)17)5-10(13)14-11/h1-6H. The van der Waals surface area contributed by atoms with E-state index in [-0.39, 0.29) is 10.8 Å². The number of hydrogen-bond acceptors (Lipinski definition) is 4. The molecule has 0 saturated carbocycles. The Labute approximate surface area is 117 Å². The summed E-state index contributed by atoms with van der Waals surface area (Å²) in [5.74, 6) is 0. The van der Waals surface area contributed by atoms with Crippen LogP contribution in [-0.2, 0) is 0 Å². The molecule has 0 aliphatic rings. The fourth-order valence-electron chi connectivity index (χ4n) is 1.26. The van der Waals surface area contributed by atoms with Gasteiger partial charge in [-0.2, -0.15) is 0 Å². The van der Waals surface area contributed by atoms with E-state index in [2.05, 4.69) is 4.98 Å². The Hall–Kier alpha value is -1.30. The van der Waals surface area contributed by atoms with E-state index < -0.39 is 4.92 Å². The van der Waals surface area contributed by atoms with Crippen molar-refractivity contribution < 1.29 is 4.92 Å². The molecule has 92 valence electrons. The Balaban J connectivity index is 2.35. The van der Waals surface area contributed by atoms with Crippen molar-refractivity contribution in [1.82, 2.24) is 4.98 Å². The second-order valence-electron chi connectivity index (χ2n) is 3.28. The van der Waals surface area contributed by atoms with Crippen LogP contribution in [0.3, 0.4) is 0 Å². The summed E-state index contributed by atoms with van der Waals surface area (Å²) in [6, 6.07) is 9.75. The minimum atomic E-state index is -0.510. The fourth-order valence-corrected chi connectivity index (χ4v) is 2.62. The van der Waals surface area contributed by atoms with Gasteiger partial charge in [0.05, 0.1) is 16.0 Å². The largest absolute Gasteiger partial charge is 0.275 e. The molecule has 0 saturated heterocycles. The maximum atomic E-state index is 10.7. The average molecular weight is 301 g/mol. The lowest BCUT2D eigenvalue weighted by Crippen LogP contribution is -1.90. The van der Waals surface area contributed by atoms with Crippen molar-refractivity contribution >= 4 is 40.7 Å². The number of pyridine rings is 1. The number of aromatic nitrogens is 1. The maximum absolute atomic E-state index is 10.7. The molecule has 0 unspecified atom stereocenters. The first-order valence-electron chi connectivity index (χ1n) is 4.80. The van der Waals surface area contributed by atoms with E-state index in [9.17, 15) is 10.1 Å². The monoisotopic (exact) mass is 300 g/mol. The van der Waals surface area contributed by atoms with Gasteiger partial charge in [0, 0.05) is 11.0 Å². The van der Waals surface area contributed by atoms with Crippen LogP contribution in [0.4, 0.5) is 5.69 Å². The molecule has 0 amide bonds. The van der Waals surface area contributed by atoms with Crippen LogP contribution in [0.25, 0.3) is 0 Å². The van der Waals surface area contributed by atoms with Gasteiger partial charge in [-0.1, -0.05) is 47.1 Å². The number of rotatable bonds is 3. The predicted octanol–water partition coefficient (Wildman–Crippen LogP) is 4.45. The van der Waals surface area contributed by atoms with Crippen molar-refractivity contribution in [1.29, 1.82) is 0 Å². The zero-order chi connectivity index (χ0) is 13.1. The van der Waals surface area contributed by atoms with E-state index in [4.69, 9.17) is 23.2 Å². The van der Waals surface area contributed by atoms with E-state index in [1.54, 1.807) is 18.2 Å². The van der Waals surface area contributed by atoms with E-state index in [0.29, 0.717) is 10.0 Å². The average Bonchev–Trinajstić information content (AvgIpc) is 2.31. The number of halogens is 2. The highest BCUT2D eigenvalue weighted by Gasteiger charge is 2.12. The first-order chi connectivity index (χ1) is 8.56. The van der Waals surface area contributed by atoms with Crippen molar-refractivity contribution in [2.24, 2.45) is 0 Å². The third kappa shape index (κ3) is 3.13. The second kappa shape index (κ2) is 5.56.